The summed E-state index contributed by atoms with van der Waals surface area (Å²) in [5.74, 6) is 2.81. The molecule has 0 aromatic carbocycles. The van der Waals surface area contributed by atoms with Gasteiger partial charge in [0, 0.05) is 12.6 Å². The van der Waals surface area contributed by atoms with Gasteiger partial charge in [-0.05, 0) is 30.2 Å². The molecule has 0 radical (unpaired) electrons. The van der Waals surface area contributed by atoms with E-state index < -0.39 is 0 Å². The molecule has 0 spiro atoms. The molecule has 0 amide bonds. The Balaban J connectivity index is 2.13. The molecule has 0 N–H and O–H groups in total. The number of likely N-dealkylation sites (tertiary alicyclic amines) is 1. The van der Waals surface area contributed by atoms with Gasteiger partial charge in [0.05, 0.1) is 0 Å². The molecule has 2 rings (SSSR count). The van der Waals surface area contributed by atoms with Gasteiger partial charge in [-0.1, -0.05) is 27.7 Å². The van der Waals surface area contributed by atoms with Crippen LogP contribution in [0.2, 0.25) is 0 Å². The molecule has 12 heavy (non-hydrogen) atoms. The smallest absolute Gasteiger partial charge is 0.0152 e. The summed E-state index contributed by atoms with van der Waals surface area (Å²) in [4.78, 5) is 2.56. The Hall–Kier alpha value is -0.0400. The number of nitrogens with zero attached hydrogens (tertiary/aromatic N) is 1. The number of fused-ring (bicyclic) bond motifs is 1. The van der Waals surface area contributed by atoms with E-state index >= 15 is 0 Å². The molecule has 1 heterocycles. The molecule has 1 aliphatic heterocycles. The maximum Gasteiger partial charge on any atom is 0.0152 e. The van der Waals surface area contributed by atoms with Gasteiger partial charge >= 0.3 is 0 Å². The van der Waals surface area contributed by atoms with Crippen LogP contribution in [0.25, 0.3) is 0 Å². The van der Waals surface area contributed by atoms with Crippen molar-refractivity contribution in [1.29, 1.82) is 0 Å². The summed E-state index contributed by atoms with van der Waals surface area (Å²) in [6, 6.07) is 0.852. The zero-order valence-electron chi connectivity index (χ0n) is 8.96. The summed E-state index contributed by atoms with van der Waals surface area (Å²) in [6.07, 6.45) is 0. The molecule has 3 atom stereocenters. The minimum absolute atomic E-state index is 0.654. The third kappa shape index (κ3) is 0.891. The molecule has 1 aliphatic carbocycles. The molecular weight excluding hydrogens is 146 g/mol. The first kappa shape index (κ1) is 8.55. The van der Waals surface area contributed by atoms with Gasteiger partial charge in [-0.2, -0.15) is 0 Å². The van der Waals surface area contributed by atoms with Gasteiger partial charge in [0.15, 0.2) is 0 Å². The van der Waals surface area contributed by atoms with E-state index in [4.69, 9.17) is 0 Å². The van der Waals surface area contributed by atoms with E-state index in [1.54, 1.807) is 0 Å². The van der Waals surface area contributed by atoms with Gasteiger partial charge in [-0.3, -0.25) is 0 Å². The van der Waals surface area contributed by atoms with E-state index in [0.717, 1.165) is 23.8 Å². The fourth-order valence-electron chi connectivity index (χ4n) is 3.44. The molecular formula is C11H21N. The van der Waals surface area contributed by atoms with Crippen molar-refractivity contribution < 1.29 is 0 Å². The van der Waals surface area contributed by atoms with Crippen LogP contribution in [-0.4, -0.2) is 24.5 Å². The average Bonchev–Trinajstić information content (AvgIpc) is 2.40. The van der Waals surface area contributed by atoms with E-state index in [1.807, 2.05) is 0 Å². The molecule has 1 saturated heterocycles. The van der Waals surface area contributed by atoms with Gasteiger partial charge < -0.3 is 4.90 Å². The second-order valence-corrected chi connectivity index (χ2v) is 5.63. The van der Waals surface area contributed by atoms with E-state index in [1.165, 1.54) is 6.54 Å². The van der Waals surface area contributed by atoms with Crippen molar-refractivity contribution in [2.45, 2.75) is 33.7 Å². The highest BCUT2D eigenvalue weighted by Crippen LogP contribution is 2.65. The first-order valence-corrected chi connectivity index (χ1v) is 5.16. The van der Waals surface area contributed by atoms with Crippen LogP contribution in [-0.2, 0) is 0 Å². The highest BCUT2D eigenvalue weighted by atomic mass is 15.2. The summed E-state index contributed by atoms with van der Waals surface area (Å²) in [5.41, 5.74) is 0.654. The zero-order chi connectivity index (χ0) is 9.09. The van der Waals surface area contributed by atoms with Gasteiger partial charge in [0.25, 0.3) is 0 Å². The van der Waals surface area contributed by atoms with E-state index in [2.05, 4.69) is 39.6 Å². The number of hydrogen-bond donors (Lipinski definition) is 0. The van der Waals surface area contributed by atoms with Crippen LogP contribution in [0.4, 0.5) is 0 Å². The number of hydrogen-bond acceptors (Lipinski definition) is 1. The Morgan fingerprint density at radius 1 is 1.33 bits per heavy atom. The van der Waals surface area contributed by atoms with Crippen molar-refractivity contribution in [2.75, 3.05) is 13.6 Å². The van der Waals surface area contributed by atoms with Crippen molar-refractivity contribution in [3.05, 3.63) is 0 Å². The third-order valence-electron chi connectivity index (χ3n) is 4.18. The predicted octanol–water partition coefficient (Wildman–Crippen LogP) is 2.23. The van der Waals surface area contributed by atoms with Gasteiger partial charge in [0.2, 0.25) is 0 Å². The molecule has 0 aromatic rings. The second kappa shape index (κ2) is 2.25. The molecule has 0 aromatic heterocycles. The predicted molar refractivity (Wildman–Crippen MR) is 52.0 cm³/mol. The van der Waals surface area contributed by atoms with Crippen LogP contribution in [0.3, 0.4) is 0 Å². The summed E-state index contributed by atoms with van der Waals surface area (Å²) in [7, 11) is 2.28. The lowest BCUT2D eigenvalue weighted by Gasteiger charge is -2.30. The Bertz CT molecular complexity index is 195. The van der Waals surface area contributed by atoms with Crippen LogP contribution in [0.5, 0.6) is 0 Å². The molecule has 2 aliphatic rings. The first-order valence-electron chi connectivity index (χ1n) is 5.16. The van der Waals surface area contributed by atoms with Crippen molar-refractivity contribution in [2.24, 2.45) is 23.2 Å². The summed E-state index contributed by atoms with van der Waals surface area (Å²) in [5, 5.41) is 0. The Kier molecular flexibility index (Phi) is 1.61. The number of rotatable bonds is 1. The minimum Gasteiger partial charge on any atom is -0.303 e. The highest BCUT2D eigenvalue weighted by molar-refractivity contribution is 5.16. The van der Waals surface area contributed by atoms with Crippen LogP contribution >= 0.6 is 0 Å². The van der Waals surface area contributed by atoms with E-state index in [0.29, 0.717) is 5.41 Å². The molecule has 1 nitrogen and oxygen atoms in total. The fraction of sp³-hybridized carbons (Fsp3) is 1.00. The van der Waals surface area contributed by atoms with Crippen LogP contribution in [0.1, 0.15) is 27.7 Å². The maximum absolute atomic E-state index is 2.56. The quantitative estimate of drug-likeness (QED) is 0.579. The lowest BCUT2D eigenvalue weighted by Crippen LogP contribution is -2.36. The summed E-state index contributed by atoms with van der Waals surface area (Å²) in [6.45, 7) is 10.9. The standard InChI is InChI=1S/C11H21N/c1-7(2)10-9-8(6-12(10)5)11(9,3)4/h7-10H,6H2,1-5H3/t8-,9-,10?/m0/s1. The molecule has 0 bridgehead atoms. The fourth-order valence-corrected chi connectivity index (χ4v) is 3.44. The van der Waals surface area contributed by atoms with Crippen molar-refractivity contribution in [1.82, 2.24) is 4.90 Å². The normalized spacial score (nSPS) is 45.0. The van der Waals surface area contributed by atoms with Crippen molar-refractivity contribution >= 4 is 0 Å². The maximum atomic E-state index is 2.56. The van der Waals surface area contributed by atoms with Gasteiger partial charge in [-0.25, -0.2) is 0 Å². The van der Waals surface area contributed by atoms with E-state index in [-0.39, 0.29) is 0 Å². The first-order chi connectivity index (χ1) is 5.46. The van der Waals surface area contributed by atoms with E-state index in [9.17, 15) is 0 Å². The average molecular weight is 167 g/mol. The second-order valence-electron chi connectivity index (χ2n) is 5.63. The monoisotopic (exact) mass is 167 g/mol. The molecule has 1 heteroatoms. The van der Waals surface area contributed by atoms with Gasteiger partial charge in [0.1, 0.15) is 0 Å². The Morgan fingerprint density at radius 3 is 2.25 bits per heavy atom. The van der Waals surface area contributed by atoms with Crippen LogP contribution in [0.15, 0.2) is 0 Å². The summed E-state index contributed by atoms with van der Waals surface area (Å²) < 4.78 is 0. The lowest BCUT2D eigenvalue weighted by molar-refractivity contribution is 0.176. The summed E-state index contributed by atoms with van der Waals surface area (Å²) >= 11 is 0. The number of piperidine rings is 1. The zero-order valence-corrected chi connectivity index (χ0v) is 8.96. The SMILES string of the molecule is CC(C)C1[C@@H]2[C@H](CN1C)C2(C)C. The molecule has 1 saturated carbocycles. The Morgan fingerprint density at radius 2 is 1.92 bits per heavy atom. The van der Waals surface area contributed by atoms with Crippen molar-refractivity contribution in [3.63, 3.8) is 0 Å². The Labute approximate surface area is 76.1 Å². The minimum atomic E-state index is 0.654. The lowest BCUT2D eigenvalue weighted by atomic mass is 9.94. The molecule has 2 fully saturated rings. The van der Waals surface area contributed by atoms with Crippen molar-refractivity contribution in [3.8, 4) is 0 Å². The molecule has 70 valence electrons. The third-order valence-corrected chi connectivity index (χ3v) is 4.18. The topological polar surface area (TPSA) is 3.24 Å². The highest BCUT2D eigenvalue weighted by Gasteiger charge is 2.66. The molecule has 1 unspecified atom stereocenters. The van der Waals surface area contributed by atoms with Gasteiger partial charge in [-0.15, -0.1) is 0 Å². The largest absolute Gasteiger partial charge is 0.303 e. The van der Waals surface area contributed by atoms with Crippen LogP contribution in [0, 0.1) is 23.2 Å². The van der Waals surface area contributed by atoms with Crippen LogP contribution < -0.4 is 0 Å².